The first-order valence-electron chi connectivity index (χ1n) is 6.62. The summed E-state index contributed by atoms with van der Waals surface area (Å²) in [5, 5.41) is 17.7. The third-order valence-corrected chi connectivity index (χ3v) is 5.32. The van der Waals surface area contributed by atoms with Crippen molar-refractivity contribution in [1.82, 2.24) is 9.21 Å². The SMILES string of the molecule is N#CCN1CCN(S(=O)(=O)Cc2ccccc2C#N)CC1. The van der Waals surface area contributed by atoms with Gasteiger partial charge < -0.3 is 0 Å². The maximum absolute atomic E-state index is 12.4. The molecular weight excluding hydrogens is 288 g/mol. The molecule has 1 aliphatic heterocycles. The lowest BCUT2D eigenvalue weighted by molar-refractivity contribution is 0.206. The van der Waals surface area contributed by atoms with E-state index in [0.717, 1.165) is 0 Å². The van der Waals surface area contributed by atoms with Crippen LogP contribution in [-0.4, -0.2) is 50.3 Å². The Morgan fingerprint density at radius 1 is 1.10 bits per heavy atom. The second-order valence-corrected chi connectivity index (χ2v) is 6.83. The zero-order valence-electron chi connectivity index (χ0n) is 11.6. The van der Waals surface area contributed by atoms with Gasteiger partial charge in [0.25, 0.3) is 0 Å². The predicted octanol–water partition coefficient (Wildman–Crippen LogP) is 0.529. The van der Waals surface area contributed by atoms with Gasteiger partial charge in [-0.25, -0.2) is 8.42 Å². The van der Waals surface area contributed by atoms with Crippen LogP contribution in [0.15, 0.2) is 24.3 Å². The average molecular weight is 304 g/mol. The Morgan fingerprint density at radius 3 is 2.38 bits per heavy atom. The second-order valence-electron chi connectivity index (χ2n) is 4.86. The quantitative estimate of drug-likeness (QED) is 0.757. The van der Waals surface area contributed by atoms with Crippen LogP contribution in [-0.2, 0) is 15.8 Å². The van der Waals surface area contributed by atoms with Gasteiger partial charge >= 0.3 is 0 Å². The van der Waals surface area contributed by atoms with Gasteiger partial charge in [0.15, 0.2) is 0 Å². The molecule has 21 heavy (non-hydrogen) atoms. The highest BCUT2D eigenvalue weighted by Gasteiger charge is 2.27. The smallest absolute Gasteiger partial charge is 0.218 e. The Balaban J connectivity index is 2.07. The Morgan fingerprint density at radius 2 is 1.76 bits per heavy atom. The molecule has 1 aliphatic rings. The topological polar surface area (TPSA) is 88.2 Å². The van der Waals surface area contributed by atoms with Crippen molar-refractivity contribution < 1.29 is 8.42 Å². The lowest BCUT2D eigenvalue weighted by Crippen LogP contribution is -2.48. The standard InChI is InChI=1S/C14H16N4O2S/c15-5-6-17-7-9-18(10-8-17)21(19,20)12-14-4-2-1-3-13(14)11-16/h1-4H,6-10,12H2. The zero-order chi connectivity index (χ0) is 15.3. The summed E-state index contributed by atoms with van der Waals surface area (Å²) in [6.45, 7) is 2.22. The summed E-state index contributed by atoms with van der Waals surface area (Å²) >= 11 is 0. The maximum Gasteiger partial charge on any atom is 0.218 e. The van der Waals surface area contributed by atoms with Crippen molar-refractivity contribution in [3.8, 4) is 12.1 Å². The van der Waals surface area contributed by atoms with Crippen molar-refractivity contribution in [2.45, 2.75) is 5.75 Å². The van der Waals surface area contributed by atoms with E-state index in [-0.39, 0.29) is 5.75 Å². The van der Waals surface area contributed by atoms with Crippen LogP contribution in [0.4, 0.5) is 0 Å². The van der Waals surface area contributed by atoms with Crippen LogP contribution < -0.4 is 0 Å². The minimum atomic E-state index is -3.43. The van der Waals surface area contributed by atoms with E-state index in [1.807, 2.05) is 11.0 Å². The molecule has 7 heteroatoms. The van der Waals surface area contributed by atoms with Crippen LogP contribution >= 0.6 is 0 Å². The molecule has 0 saturated carbocycles. The molecule has 0 atom stereocenters. The van der Waals surface area contributed by atoms with Crippen molar-refractivity contribution in [2.75, 3.05) is 32.7 Å². The minimum absolute atomic E-state index is 0.158. The van der Waals surface area contributed by atoms with Crippen LogP contribution in [0.25, 0.3) is 0 Å². The summed E-state index contributed by atoms with van der Waals surface area (Å²) < 4.78 is 26.3. The van der Waals surface area contributed by atoms with E-state index in [1.54, 1.807) is 24.3 Å². The summed E-state index contributed by atoms with van der Waals surface area (Å²) in [6.07, 6.45) is 0. The Bertz CT molecular complexity index is 680. The molecule has 1 saturated heterocycles. The van der Waals surface area contributed by atoms with Gasteiger partial charge in [-0.2, -0.15) is 14.8 Å². The van der Waals surface area contributed by atoms with Crippen LogP contribution in [0.5, 0.6) is 0 Å². The van der Waals surface area contributed by atoms with Gasteiger partial charge in [-0.15, -0.1) is 0 Å². The molecule has 0 radical (unpaired) electrons. The summed E-state index contributed by atoms with van der Waals surface area (Å²) in [5.41, 5.74) is 0.920. The highest BCUT2D eigenvalue weighted by atomic mass is 32.2. The van der Waals surface area contributed by atoms with E-state index in [1.165, 1.54) is 4.31 Å². The monoisotopic (exact) mass is 304 g/mol. The van der Waals surface area contributed by atoms with Crippen molar-refractivity contribution in [1.29, 1.82) is 10.5 Å². The number of nitriles is 2. The molecule has 6 nitrogen and oxygen atoms in total. The van der Waals surface area contributed by atoms with Crippen LogP contribution in [0.2, 0.25) is 0 Å². The molecule has 2 rings (SSSR count). The number of sulfonamides is 1. The van der Waals surface area contributed by atoms with E-state index in [2.05, 4.69) is 6.07 Å². The fourth-order valence-corrected chi connectivity index (χ4v) is 3.86. The van der Waals surface area contributed by atoms with Crippen molar-refractivity contribution in [3.05, 3.63) is 35.4 Å². The zero-order valence-corrected chi connectivity index (χ0v) is 12.4. The molecule has 0 spiro atoms. The number of piperazine rings is 1. The Kier molecular flexibility index (Phi) is 4.92. The molecule has 1 aromatic carbocycles. The first-order valence-corrected chi connectivity index (χ1v) is 8.23. The van der Waals surface area contributed by atoms with E-state index in [0.29, 0.717) is 43.9 Å². The molecule has 0 aliphatic carbocycles. The lowest BCUT2D eigenvalue weighted by atomic mass is 10.1. The number of hydrogen-bond acceptors (Lipinski definition) is 5. The van der Waals surface area contributed by atoms with Crippen molar-refractivity contribution in [2.24, 2.45) is 0 Å². The lowest BCUT2D eigenvalue weighted by Gasteiger charge is -2.32. The highest BCUT2D eigenvalue weighted by molar-refractivity contribution is 7.88. The summed E-state index contributed by atoms with van der Waals surface area (Å²) in [4.78, 5) is 1.93. The Hall–Kier alpha value is -1.93. The van der Waals surface area contributed by atoms with Crippen LogP contribution in [0.1, 0.15) is 11.1 Å². The first-order chi connectivity index (χ1) is 10.1. The molecular formula is C14H16N4O2S. The number of benzene rings is 1. The molecule has 0 N–H and O–H groups in total. The number of hydrogen-bond donors (Lipinski definition) is 0. The van der Waals surface area contributed by atoms with Crippen molar-refractivity contribution >= 4 is 10.0 Å². The largest absolute Gasteiger partial charge is 0.288 e. The van der Waals surface area contributed by atoms with Gasteiger partial charge in [0, 0.05) is 26.2 Å². The van der Waals surface area contributed by atoms with Gasteiger partial charge in [-0.05, 0) is 11.6 Å². The summed E-state index contributed by atoms with van der Waals surface area (Å²) in [6, 6.07) is 10.8. The van der Waals surface area contributed by atoms with E-state index >= 15 is 0 Å². The number of rotatable bonds is 4. The molecule has 1 aromatic rings. The second kappa shape index (κ2) is 6.68. The fraction of sp³-hybridized carbons (Fsp3) is 0.429. The fourth-order valence-electron chi connectivity index (χ4n) is 2.31. The predicted molar refractivity (Wildman–Crippen MR) is 77.4 cm³/mol. The van der Waals surface area contributed by atoms with E-state index in [4.69, 9.17) is 10.5 Å². The van der Waals surface area contributed by atoms with Gasteiger partial charge in [0.1, 0.15) is 0 Å². The van der Waals surface area contributed by atoms with Gasteiger partial charge in [0.05, 0.1) is 30.0 Å². The summed E-state index contributed by atoms with van der Waals surface area (Å²) in [5.74, 6) is -0.158. The Labute approximate surface area is 124 Å². The van der Waals surface area contributed by atoms with E-state index < -0.39 is 10.0 Å². The third-order valence-electron chi connectivity index (χ3n) is 3.49. The molecule has 0 amide bonds. The molecule has 0 unspecified atom stereocenters. The minimum Gasteiger partial charge on any atom is -0.288 e. The van der Waals surface area contributed by atoms with Crippen LogP contribution in [0.3, 0.4) is 0 Å². The van der Waals surface area contributed by atoms with Gasteiger partial charge in [-0.1, -0.05) is 18.2 Å². The molecule has 1 heterocycles. The van der Waals surface area contributed by atoms with Crippen molar-refractivity contribution in [3.63, 3.8) is 0 Å². The molecule has 0 aromatic heterocycles. The molecule has 0 bridgehead atoms. The normalized spacial score (nSPS) is 17.0. The molecule has 110 valence electrons. The first kappa shape index (κ1) is 15.5. The van der Waals surface area contributed by atoms with Gasteiger partial charge in [0.2, 0.25) is 10.0 Å². The highest BCUT2D eigenvalue weighted by Crippen LogP contribution is 2.16. The van der Waals surface area contributed by atoms with Crippen LogP contribution in [0, 0.1) is 22.7 Å². The maximum atomic E-state index is 12.4. The van der Waals surface area contributed by atoms with Gasteiger partial charge in [-0.3, -0.25) is 4.90 Å². The third kappa shape index (κ3) is 3.79. The van der Waals surface area contributed by atoms with E-state index in [9.17, 15) is 8.42 Å². The number of nitrogens with zero attached hydrogens (tertiary/aromatic N) is 4. The average Bonchev–Trinajstić information content (AvgIpc) is 2.48. The molecule has 1 fully saturated rings. The summed E-state index contributed by atoms with van der Waals surface area (Å²) in [7, 11) is -3.43.